The molecule has 1 aromatic carbocycles. The summed E-state index contributed by atoms with van der Waals surface area (Å²) in [5.41, 5.74) is 0.742. The summed E-state index contributed by atoms with van der Waals surface area (Å²) in [7, 11) is 1.64. The Kier molecular flexibility index (Phi) is 3.79. The number of hydrogen-bond acceptors (Lipinski definition) is 3. The highest BCUT2D eigenvalue weighted by Gasteiger charge is 2.11. The third-order valence-corrected chi connectivity index (χ3v) is 2.98. The van der Waals surface area contributed by atoms with Crippen LogP contribution in [0.1, 0.15) is 19.4 Å². The number of aliphatic carboxylic acids is 1. The van der Waals surface area contributed by atoms with Gasteiger partial charge >= 0.3 is 5.97 Å². The zero-order valence-corrected chi connectivity index (χ0v) is 11.7. The molecule has 0 saturated heterocycles. The van der Waals surface area contributed by atoms with E-state index < -0.39 is 5.97 Å². The average Bonchev–Trinajstić information content (AvgIpc) is 2.34. The van der Waals surface area contributed by atoms with E-state index in [4.69, 9.17) is 9.84 Å². The maximum atomic E-state index is 12.0. The van der Waals surface area contributed by atoms with Crippen molar-refractivity contribution >= 4 is 16.9 Å². The van der Waals surface area contributed by atoms with Crippen LogP contribution in [0.4, 0.5) is 0 Å². The van der Waals surface area contributed by atoms with E-state index in [1.807, 2.05) is 19.9 Å². The molecular weight excluding hydrogens is 258 g/mol. The van der Waals surface area contributed by atoms with Crippen molar-refractivity contribution < 1.29 is 14.6 Å². The molecule has 0 unspecified atom stereocenters. The fourth-order valence-electron chi connectivity index (χ4n) is 2.16. The fraction of sp³-hybridized carbons (Fsp3) is 0.333. The number of hydrogen-bond donors (Lipinski definition) is 1. The quantitative estimate of drug-likeness (QED) is 0.926. The largest absolute Gasteiger partial charge is 0.491 e. The number of nitrogens with zero attached hydrogens (tertiary/aromatic N) is 1. The topological polar surface area (TPSA) is 68.5 Å². The lowest BCUT2D eigenvalue weighted by Gasteiger charge is -2.12. The number of aromatic nitrogens is 1. The van der Waals surface area contributed by atoms with Crippen molar-refractivity contribution in [3.63, 3.8) is 0 Å². The van der Waals surface area contributed by atoms with Crippen LogP contribution in [0.25, 0.3) is 10.9 Å². The summed E-state index contributed by atoms with van der Waals surface area (Å²) in [6.07, 6.45) is -0.226. The van der Waals surface area contributed by atoms with E-state index in [-0.39, 0.29) is 23.6 Å². The van der Waals surface area contributed by atoms with Gasteiger partial charge in [0.15, 0.2) is 0 Å². The predicted octanol–water partition coefficient (Wildman–Crippen LogP) is 1.95. The van der Waals surface area contributed by atoms with Crippen molar-refractivity contribution in [2.45, 2.75) is 26.4 Å². The number of carbonyl (C=O) groups is 1. The molecule has 2 rings (SSSR count). The SMILES string of the molecule is CC(C)Oc1ccc2c(c1)cc(CC(=O)O)c(=O)n2C. The Morgan fingerprint density at radius 3 is 2.65 bits per heavy atom. The van der Waals surface area contributed by atoms with Crippen LogP contribution in [0.5, 0.6) is 5.75 Å². The number of benzene rings is 1. The van der Waals surface area contributed by atoms with Gasteiger partial charge in [-0.05, 0) is 38.1 Å². The van der Waals surface area contributed by atoms with Gasteiger partial charge in [0.2, 0.25) is 0 Å². The number of ether oxygens (including phenoxy) is 1. The molecule has 20 heavy (non-hydrogen) atoms. The van der Waals surface area contributed by atoms with Crippen LogP contribution >= 0.6 is 0 Å². The Bertz CT molecular complexity index is 716. The maximum Gasteiger partial charge on any atom is 0.308 e. The molecule has 5 nitrogen and oxygen atoms in total. The molecule has 0 aliphatic rings. The van der Waals surface area contributed by atoms with E-state index in [0.717, 1.165) is 10.9 Å². The fourth-order valence-corrected chi connectivity index (χ4v) is 2.16. The predicted molar refractivity (Wildman–Crippen MR) is 76.3 cm³/mol. The van der Waals surface area contributed by atoms with Crippen molar-refractivity contribution in [3.8, 4) is 5.75 Å². The molecule has 0 fully saturated rings. The second-order valence-corrected chi connectivity index (χ2v) is 4.99. The summed E-state index contributed by atoms with van der Waals surface area (Å²) in [6, 6.07) is 7.05. The first-order valence-corrected chi connectivity index (χ1v) is 6.39. The molecule has 1 aromatic heterocycles. The maximum absolute atomic E-state index is 12.0. The Balaban J connectivity index is 2.59. The van der Waals surface area contributed by atoms with Crippen LogP contribution in [-0.2, 0) is 18.3 Å². The standard InChI is InChI=1S/C15H17NO4/c1-9(2)20-12-4-5-13-10(7-12)6-11(8-14(17)18)15(19)16(13)3/h4-7,9H,8H2,1-3H3,(H,17,18). The smallest absolute Gasteiger partial charge is 0.308 e. The van der Waals surface area contributed by atoms with Gasteiger partial charge in [-0.1, -0.05) is 0 Å². The van der Waals surface area contributed by atoms with Gasteiger partial charge in [-0.3, -0.25) is 9.59 Å². The van der Waals surface area contributed by atoms with Crippen molar-refractivity contribution in [3.05, 3.63) is 40.2 Å². The molecule has 0 aliphatic heterocycles. The monoisotopic (exact) mass is 275 g/mol. The van der Waals surface area contributed by atoms with E-state index in [2.05, 4.69) is 0 Å². The van der Waals surface area contributed by atoms with Gasteiger partial charge in [-0.15, -0.1) is 0 Å². The number of carboxylic acids is 1. The lowest BCUT2D eigenvalue weighted by Crippen LogP contribution is -2.23. The van der Waals surface area contributed by atoms with Gasteiger partial charge < -0.3 is 14.4 Å². The minimum absolute atomic E-state index is 0.0541. The van der Waals surface area contributed by atoms with Crippen LogP contribution < -0.4 is 10.3 Å². The summed E-state index contributed by atoms with van der Waals surface area (Å²) in [5.74, 6) is -0.316. The van der Waals surface area contributed by atoms with Crippen LogP contribution in [0.3, 0.4) is 0 Å². The normalized spacial score (nSPS) is 11.0. The highest BCUT2D eigenvalue weighted by Crippen LogP contribution is 2.21. The lowest BCUT2D eigenvalue weighted by molar-refractivity contribution is -0.136. The molecule has 0 spiro atoms. The first-order valence-electron chi connectivity index (χ1n) is 6.39. The van der Waals surface area contributed by atoms with Crippen LogP contribution in [0.15, 0.2) is 29.1 Å². The molecule has 0 atom stereocenters. The average molecular weight is 275 g/mol. The van der Waals surface area contributed by atoms with Gasteiger partial charge in [-0.25, -0.2) is 0 Å². The summed E-state index contributed by atoms with van der Waals surface area (Å²) in [4.78, 5) is 22.9. The zero-order valence-electron chi connectivity index (χ0n) is 11.7. The Morgan fingerprint density at radius 2 is 2.05 bits per heavy atom. The van der Waals surface area contributed by atoms with Crippen molar-refractivity contribution in [1.82, 2.24) is 4.57 Å². The molecule has 0 radical (unpaired) electrons. The summed E-state index contributed by atoms with van der Waals surface area (Å²) in [5, 5.41) is 9.65. The number of aryl methyl sites for hydroxylation is 1. The molecular formula is C15H17NO4. The Labute approximate surface area is 116 Å². The van der Waals surface area contributed by atoms with Crippen LogP contribution in [0.2, 0.25) is 0 Å². The highest BCUT2D eigenvalue weighted by molar-refractivity contribution is 5.82. The molecule has 5 heteroatoms. The van der Waals surface area contributed by atoms with Gasteiger partial charge in [0.25, 0.3) is 5.56 Å². The minimum atomic E-state index is -1.02. The minimum Gasteiger partial charge on any atom is -0.491 e. The van der Waals surface area contributed by atoms with E-state index >= 15 is 0 Å². The number of pyridine rings is 1. The molecule has 0 bridgehead atoms. The van der Waals surface area contributed by atoms with Gasteiger partial charge in [0.1, 0.15) is 5.75 Å². The highest BCUT2D eigenvalue weighted by atomic mass is 16.5. The van der Waals surface area contributed by atoms with Crippen molar-refractivity contribution in [2.75, 3.05) is 0 Å². The van der Waals surface area contributed by atoms with E-state index in [1.165, 1.54) is 4.57 Å². The van der Waals surface area contributed by atoms with Crippen LogP contribution in [0, 0.1) is 0 Å². The second-order valence-electron chi connectivity index (χ2n) is 4.99. The molecule has 0 aliphatic carbocycles. The van der Waals surface area contributed by atoms with Crippen molar-refractivity contribution in [2.24, 2.45) is 7.05 Å². The Morgan fingerprint density at radius 1 is 1.35 bits per heavy atom. The van der Waals surface area contributed by atoms with Gasteiger partial charge in [-0.2, -0.15) is 0 Å². The van der Waals surface area contributed by atoms with Crippen LogP contribution in [-0.4, -0.2) is 21.7 Å². The second kappa shape index (κ2) is 5.36. The van der Waals surface area contributed by atoms with E-state index in [1.54, 1.807) is 25.2 Å². The molecule has 106 valence electrons. The lowest BCUT2D eigenvalue weighted by atomic mass is 10.1. The number of fused-ring (bicyclic) bond motifs is 1. The third-order valence-electron chi connectivity index (χ3n) is 2.98. The summed E-state index contributed by atoms with van der Waals surface area (Å²) >= 11 is 0. The zero-order chi connectivity index (χ0) is 14.9. The van der Waals surface area contributed by atoms with Gasteiger partial charge in [0, 0.05) is 18.0 Å². The summed E-state index contributed by atoms with van der Waals surface area (Å²) < 4.78 is 7.07. The Hall–Kier alpha value is -2.30. The van der Waals surface area contributed by atoms with Gasteiger partial charge in [0.05, 0.1) is 18.0 Å². The molecule has 1 heterocycles. The number of rotatable bonds is 4. The summed E-state index contributed by atoms with van der Waals surface area (Å²) in [6.45, 7) is 3.86. The molecule has 1 N–H and O–H groups in total. The molecule has 2 aromatic rings. The third kappa shape index (κ3) is 2.82. The number of carboxylic acid groups (broad SMARTS) is 1. The first-order chi connectivity index (χ1) is 9.38. The van der Waals surface area contributed by atoms with E-state index in [0.29, 0.717) is 5.75 Å². The van der Waals surface area contributed by atoms with Crippen molar-refractivity contribution in [1.29, 1.82) is 0 Å². The van der Waals surface area contributed by atoms with E-state index in [9.17, 15) is 9.59 Å². The molecule has 0 saturated carbocycles. The molecule has 0 amide bonds. The first kappa shape index (κ1) is 14.1.